The molecule has 0 saturated carbocycles. The lowest BCUT2D eigenvalue weighted by Crippen LogP contribution is -2.39. The molecule has 1 aromatic heterocycles. The summed E-state index contributed by atoms with van der Waals surface area (Å²) in [5, 5.41) is 2.55. The zero-order chi connectivity index (χ0) is 37.1. The Morgan fingerprint density at radius 2 is 1.05 bits per heavy atom. The summed E-state index contributed by atoms with van der Waals surface area (Å²) in [5.74, 6) is 0.107. The van der Waals surface area contributed by atoms with Crippen LogP contribution < -0.4 is 0 Å². The van der Waals surface area contributed by atoms with Gasteiger partial charge in [-0.3, -0.25) is 0 Å². The van der Waals surface area contributed by atoms with Crippen LogP contribution in [-0.4, -0.2) is 4.57 Å². The summed E-state index contributed by atoms with van der Waals surface area (Å²) in [4.78, 5) is 0. The Balaban J connectivity index is 1.16. The molecule has 0 fully saturated rings. The number of hydrogen-bond acceptors (Lipinski definition) is 0. The molecule has 2 unspecified atom stereocenters. The molecule has 9 aromatic rings. The molecule has 0 aliphatic heterocycles. The second-order valence-electron chi connectivity index (χ2n) is 15.2. The monoisotopic (exact) mass is 713 g/mol. The average molecular weight is 714 g/mol. The van der Waals surface area contributed by atoms with E-state index < -0.39 is 5.41 Å². The Bertz CT molecular complexity index is 2980. The molecule has 2 aliphatic rings. The summed E-state index contributed by atoms with van der Waals surface area (Å²) in [6.45, 7) is 0. The summed E-state index contributed by atoms with van der Waals surface area (Å²) in [6.07, 6.45) is 8.04. The lowest BCUT2D eigenvalue weighted by atomic mass is 9.56. The smallest absolute Gasteiger partial charge is 0.0541 e. The molecule has 0 saturated heterocycles. The maximum absolute atomic E-state index is 2.49. The van der Waals surface area contributed by atoms with Crippen molar-refractivity contribution in [2.75, 3.05) is 0 Å². The molecule has 11 rings (SSSR count). The van der Waals surface area contributed by atoms with Crippen molar-refractivity contribution in [3.05, 3.63) is 241 Å². The summed E-state index contributed by atoms with van der Waals surface area (Å²) in [6, 6.07) is 74.3. The van der Waals surface area contributed by atoms with E-state index in [-0.39, 0.29) is 5.92 Å². The molecule has 2 bridgehead atoms. The van der Waals surface area contributed by atoms with E-state index in [9.17, 15) is 0 Å². The van der Waals surface area contributed by atoms with Gasteiger partial charge in [-0.05, 0) is 104 Å². The van der Waals surface area contributed by atoms with Crippen LogP contribution in [0.2, 0.25) is 0 Å². The van der Waals surface area contributed by atoms with E-state index in [1.54, 1.807) is 0 Å². The molecule has 1 nitrogen and oxygen atoms in total. The van der Waals surface area contributed by atoms with Crippen molar-refractivity contribution < 1.29 is 0 Å². The van der Waals surface area contributed by atoms with Crippen LogP contribution in [0.4, 0.5) is 0 Å². The molecular weight excluding hydrogens is 675 g/mol. The quantitative estimate of drug-likeness (QED) is 0.167. The third-order valence-corrected chi connectivity index (χ3v) is 12.3. The predicted octanol–water partition coefficient (Wildman–Crippen LogP) is 14.1. The first-order valence-electron chi connectivity index (χ1n) is 19.7. The molecule has 2 atom stereocenters. The number of fused-ring (bicyclic) bond motifs is 9. The van der Waals surface area contributed by atoms with E-state index in [0.717, 1.165) is 6.42 Å². The van der Waals surface area contributed by atoms with Crippen LogP contribution in [0, 0.1) is 5.92 Å². The molecule has 0 spiro atoms. The fraction of sp³-hybridized carbons (Fsp3) is 0.0545. The van der Waals surface area contributed by atoms with E-state index in [1.165, 1.54) is 88.7 Å². The second-order valence-corrected chi connectivity index (χ2v) is 15.2. The van der Waals surface area contributed by atoms with E-state index in [4.69, 9.17) is 0 Å². The van der Waals surface area contributed by atoms with Gasteiger partial charge in [-0.25, -0.2) is 0 Å². The van der Waals surface area contributed by atoms with Gasteiger partial charge in [0.2, 0.25) is 0 Å². The second kappa shape index (κ2) is 13.1. The molecule has 1 heteroatoms. The van der Waals surface area contributed by atoms with Crippen LogP contribution in [0.5, 0.6) is 0 Å². The first-order valence-corrected chi connectivity index (χ1v) is 19.7. The van der Waals surface area contributed by atoms with E-state index in [2.05, 4.69) is 223 Å². The Morgan fingerprint density at radius 1 is 0.446 bits per heavy atom. The van der Waals surface area contributed by atoms with Crippen molar-refractivity contribution in [2.45, 2.75) is 11.8 Å². The zero-order valence-electron chi connectivity index (χ0n) is 31.0. The molecule has 0 amide bonds. The molecule has 8 aromatic carbocycles. The van der Waals surface area contributed by atoms with Crippen molar-refractivity contribution in [2.24, 2.45) is 5.92 Å². The van der Waals surface area contributed by atoms with Gasteiger partial charge in [-0.1, -0.05) is 188 Å². The number of hydrogen-bond donors (Lipinski definition) is 0. The molecule has 2 aliphatic carbocycles. The van der Waals surface area contributed by atoms with Crippen molar-refractivity contribution in [3.8, 4) is 39.1 Å². The first-order chi connectivity index (χ1) is 27.8. The van der Waals surface area contributed by atoms with Crippen LogP contribution in [0.1, 0.15) is 28.7 Å². The fourth-order valence-electron chi connectivity index (χ4n) is 10.0. The average Bonchev–Trinajstić information content (AvgIpc) is 3.61. The predicted molar refractivity (Wildman–Crippen MR) is 235 cm³/mol. The van der Waals surface area contributed by atoms with Crippen molar-refractivity contribution >= 4 is 27.4 Å². The van der Waals surface area contributed by atoms with Crippen LogP contribution in [0.25, 0.3) is 66.4 Å². The van der Waals surface area contributed by atoms with Gasteiger partial charge in [0.15, 0.2) is 0 Å². The highest BCUT2D eigenvalue weighted by Gasteiger charge is 2.47. The summed E-state index contributed by atoms with van der Waals surface area (Å²) < 4.78 is 2.40. The standard InChI is InChI=1S/C55H39N/c1-4-18-38(19-5-1)54-48-30-17-32-51(54)55(41-21-6-2-7-22-41,50-31-14-12-28-46(50)44-26-10-11-27-45(44)48)42-23-16-20-39(36-42)40-34-35-53-49(37-40)47-29-13-15-33-52(47)56(53)43-24-8-3-9-25-43/h1-35,37,42H,36H2. The number of benzene rings is 8. The van der Waals surface area contributed by atoms with Gasteiger partial charge in [0, 0.05) is 16.5 Å². The van der Waals surface area contributed by atoms with Crippen molar-refractivity contribution in [3.63, 3.8) is 0 Å². The van der Waals surface area contributed by atoms with Gasteiger partial charge in [0.25, 0.3) is 0 Å². The number of aromatic nitrogens is 1. The Kier molecular flexibility index (Phi) is 7.60. The molecule has 0 radical (unpaired) electrons. The Morgan fingerprint density at radius 3 is 1.86 bits per heavy atom. The topological polar surface area (TPSA) is 4.93 Å². The summed E-state index contributed by atoms with van der Waals surface area (Å²) in [5.41, 5.74) is 17.4. The third kappa shape index (κ3) is 4.87. The van der Waals surface area contributed by atoms with Crippen LogP contribution in [0.15, 0.2) is 218 Å². The lowest BCUT2D eigenvalue weighted by molar-refractivity contribution is 0.454. The maximum Gasteiger partial charge on any atom is 0.0541 e. The summed E-state index contributed by atoms with van der Waals surface area (Å²) >= 11 is 0. The zero-order valence-corrected chi connectivity index (χ0v) is 31.0. The SMILES string of the molecule is C1=CC(C2(c3ccccc3)c3ccccc3-c3ccccc3-c3cccc2c3-c2ccccc2)CC(c2ccc3c(c2)c2ccccc2n3-c2ccccc2)=C1. The molecule has 56 heavy (non-hydrogen) atoms. The van der Waals surface area contributed by atoms with E-state index in [0.29, 0.717) is 0 Å². The lowest BCUT2D eigenvalue weighted by Gasteiger charge is -2.46. The highest BCUT2D eigenvalue weighted by Crippen LogP contribution is 2.58. The maximum atomic E-state index is 2.49. The number of para-hydroxylation sites is 2. The van der Waals surface area contributed by atoms with Crippen LogP contribution >= 0.6 is 0 Å². The number of rotatable bonds is 5. The minimum Gasteiger partial charge on any atom is -0.309 e. The normalized spacial score (nSPS) is 17.1. The van der Waals surface area contributed by atoms with Gasteiger partial charge in [-0.2, -0.15) is 0 Å². The van der Waals surface area contributed by atoms with Gasteiger partial charge < -0.3 is 4.57 Å². The van der Waals surface area contributed by atoms with Crippen LogP contribution in [0.3, 0.4) is 0 Å². The third-order valence-electron chi connectivity index (χ3n) is 12.3. The number of allylic oxidation sites excluding steroid dienone is 4. The minimum absolute atomic E-state index is 0.107. The van der Waals surface area contributed by atoms with E-state index >= 15 is 0 Å². The highest BCUT2D eigenvalue weighted by atomic mass is 15.0. The molecule has 264 valence electrons. The van der Waals surface area contributed by atoms with Gasteiger partial charge in [0.05, 0.1) is 16.4 Å². The van der Waals surface area contributed by atoms with Gasteiger partial charge in [0.1, 0.15) is 0 Å². The fourth-order valence-corrected chi connectivity index (χ4v) is 10.0. The molecule has 1 heterocycles. The largest absolute Gasteiger partial charge is 0.309 e. The Labute approximate surface area is 328 Å². The van der Waals surface area contributed by atoms with Crippen molar-refractivity contribution in [1.29, 1.82) is 0 Å². The first kappa shape index (κ1) is 32.5. The minimum atomic E-state index is -0.518. The van der Waals surface area contributed by atoms with Gasteiger partial charge in [-0.15, -0.1) is 0 Å². The van der Waals surface area contributed by atoms with E-state index in [1.807, 2.05) is 0 Å². The summed E-state index contributed by atoms with van der Waals surface area (Å²) in [7, 11) is 0. The van der Waals surface area contributed by atoms with Crippen LogP contribution in [-0.2, 0) is 5.41 Å². The van der Waals surface area contributed by atoms with Gasteiger partial charge >= 0.3 is 0 Å². The Hall–Kier alpha value is -6.96. The van der Waals surface area contributed by atoms with Crippen molar-refractivity contribution in [1.82, 2.24) is 4.57 Å². The highest BCUT2D eigenvalue weighted by molar-refractivity contribution is 6.10. The molecular formula is C55H39N. The molecule has 0 N–H and O–H groups in total. The number of nitrogens with zero attached hydrogens (tertiary/aromatic N) is 1.